The van der Waals surface area contributed by atoms with Crippen molar-refractivity contribution in [2.24, 2.45) is 0 Å². The summed E-state index contributed by atoms with van der Waals surface area (Å²) >= 11 is 0. The minimum atomic E-state index is -0.276. The number of amides is 2. The molecule has 0 saturated carbocycles. The van der Waals surface area contributed by atoms with Crippen molar-refractivity contribution in [2.45, 2.75) is 13.8 Å². The number of carbonyl (C=O) groups excluding carboxylic acids is 2. The highest BCUT2D eigenvalue weighted by atomic mass is 16.2. The van der Waals surface area contributed by atoms with Crippen LogP contribution in [0.4, 0.5) is 0 Å². The van der Waals surface area contributed by atoms with Gasteiger partial charge in [0.1, 0.15) is 5.70 Å². The normalized spacial score (nSPS) is 9.56. The summed E-state index contributed by atoms with van der Waals surface area (Å²) in [7, 11) is 3.31. The van der Waals surface area contributed by atoms with Gasteiger partial charge in [-0.25, -0.2) is 0 Å². The Morgan fingerprint density at radius 2 is 1.61 bits per heavy atom. The first-order chi connectivity index (χ1) is 8.43. The van der Waals surface area contributed by atoms with Gasteiger partial charge in [0, 0.05) is 19.7 Å². The largest absolute Gasteiger partial charge is 0.344 e. The van der Waals surface area contributed by atoms with Crippen LogP contribution in [0.1, 0.15) is 24.2 Å². The molecule has 0 radical (unpaired) electrons. The Balaban J connectivity index is 2.91. The van der Waals surface area contributed by atoms with E-state index in [-0.39, 0.29) is 11.8 Å². The maximum atomic E-state index is 12.0. The SMILES string of the molecule is CC(C)=C(NC(=O)c1ccccc1)C(=O)N(C)C. The molecule has 18 heavy (non-hydrogen) atoms. The zero-order chi connectivity index (χ0) is 13.7. The predicted octanol–water partition coefficient (Wildman–Crippen LogP) is 1.80. The first-order valence-corrected chi connectivity index (χ1v) is 5.69. The third kappa shape index (κ3) is 3.45. The third-order valence-corrected chi connectivity index (χ3v) is 2.39. The van der Waals surface area contributed by atoms with E-state index in [1.54, 1.807) is 52.2 Å². The molecule has 1 aromatic rings. The van der Waals surface area contributed by atoms with Crippen molar-refractivity contribution in [1.29, 1.82) is 0 Å². The first kappa shape index (κ1) is 14.0. The fourth-order valence-electron chi connectivity index (χ4n) is 1.39. The lowest BCUT2D eigenvalue weighted by atomic mass is 10.2. The molecule has 0 bridgehead atoms. The molecule has 1 aromatic carbocycles. The molecule has 0 fully saturated rings. The number of likely N-dealkylation sites (N-methyl/N-ethyl adjacent to an activating group) is 1. The number of hydrogen-bond donors (Lipinski definition) is 1. The Bertz CT molecular complexity index is 472. The van der Waals surface area contributed by atoms with Crippen molar-refractivity contribution in [2.75, 3.05) is 14.1 Å². The summed E-state index contributed by atoms with van der Waals surface area (Å²) < 4.78 is 0. The number of hydrogen-bond acceptors (Lipinski definition) is 2. The lowest BCUT2D eigenvalue weighted by Gasteiger charge is -2.16. The van der Waals surface area contributed by atoms with E-state index in [9.17, 15) is 9.59 Å². The van der Waals surface area contributed by atoms with Crippen LogP contribution in [0.5, 0.6) is 0 Å². The van der Waals surface area contributed by atoms with Crippen molar-refractivity contribution in [3.05, 3.63) is 47.2 Å². The van der Waals surface area contributed by atoms with Gasteiger partial charge in [-0.2, -0.15) is 0 Å². The maximum Gasteiger partial charge on any atom is 0.269 e. The molecule has 0 atom stereocenters. The minimum absolute atomic E-state index is 0.209. The number of carbonyl (C=O) groups is 2. The summed E-state index contributed by atoms with van der Waals surface area (Å²) in [4.78, 5) is 25.3. The summed E-state index contributed by atoms with van der Waals surface area (Å²) in [6, 6.07) is 8.81. The molecule has 0 heterocycles. The smallest absolute Gasteiger partial charge is 0.269 e. The molecule has 1 N–H and O–H groups in total. The van der Waals surface area contributed by atoms with Crippen LogP contribution in [0, 0.1) is 0 Å². The van der Waals surface area contributed by atoms with Gasteiger partial charge in [-0.3, -0.25) is 9.59 Å². The van der Waals surface area contributed by atoms with Gasteiger partial charge in [0.05, 0.1) is 0 Å². The van der Waals surface area contributed by atoms with E-state index in [4.69, 9.17) is 0 Å². The quantitative estimate of drug-likeness (QED) is 0.827. The maximum absolute atomic E-state index is 12.0. The second-order valence-corrected chi connectivity index (χ2v) is 4.39. The van der Waals surface area contributed by atoms with Gasteiger partial charge in [-0.05, 0) is 31.6 Å². The Kier molecular flexibility index (Phi) is 4.66. The number of rotatable bonds is 3. The molecule has 4 nitrogen and oxygen atoms in total. The molecule has 1 rings (SSSR count). The predicted molar refractivity (Wildman–Crippen MR) is 71.0 cm³/mol. The minimum Gasteiger partial charge on any atom is -0.344 e. The molecule has 0 aliphatic rings. The lowest BCUT2D eigenvalue weighted by Crippen LogP contribution is -2.35. The summed E-state index contributed by atoms with van der Waals surface area (Å²) in [5.74, 6) is -0.485. The topological polar surface area (TPSA) is 49.4 Å². The van der Waals surface area contributed by atoms with E-state index in [0.717, 1.165) is 5.57 Å². The van der Waals surface area contributed by atoms with Crippen molar-refractivity contribution in [1.82, 2.24) is 10.2 Å². The molecule has 0 aliphatic carbocycles. The number of nitrogens with zero attached hydrogens (tertiary/aromatic N) is 1. The average Bonchev–Trinajstić information content (AvgIpc) is 2.35. The summed E-state index contributed by atoms with van der Waals surface area (Å²) in [5, 5.41) is 2.66. The van der Waals surface area contributed by atoms with Crippen molar-refractivity contribution >= 4 is 11.8 Å². The number of benzene rings is 1. The van der Waals surface area contributed by atoms with Crippen molar-refractivity contribution in [3.8, 4) is 0 Å². The van der Waals surface area contributed by atoms with Crippen LogP contribution in [-0.2, 0) is 4.79 Å². The number of allylic oxidation sites excluding steroid dienone is 1. The van der Waals surface area contributed by atoms with Gasteiger partial charge in [0.25, 0.3) is 11.8 Å². The van der Waals surface area contributed by atoms with Gasteiger partial charge in [-0.15, -0.1) is 0 Å². The summed E-state index contributed by atoms with van der Waals surface area (Å²) in [5.41, 5.74) is 1.63. The fourth-order valence-corrected chi connectivity index (χ4v) is 1.39. The van der Waals surface area contributed by atoms with Crippen LogP contribution in [0.2, 0.25) is 0 Å². The van der Waals surface area contributed by atoms with Crippen molar-refractivity contribution in [3.63, 3.8) is 0 Å². The monoisotopic (exact) mass is 246 g/mol. The Morgan fingerprint density at radius 1 is 1.06 bits per heavy atom. The molecule has 4 heteroatoms. The second-order valence-electron chi connectivity index (χ2n) is 4.39. The van der Waals surface area contributed by atoms with Crippen LogP contribution < -0.4 is 5.32 Å². The Morgan fingerprint density at radius 3 is 2.06 bits per heavy atom. The molecular formula is C14H18N2O2. The van der Waals surface area contributed by atoms with E-state index in [1.165, 1.54) is 4.90 Å². The van der Waals surface area contributed by atoms with Crippen LogP contribution in [0.15, 0.2) is 41.6 Å². The third-order valence-electron chi connectivity index (χ3n) is 2.39. The standard InChI is InChI=1S/C14H18N2O2/c1-10(2)12(14(18)16(3)4)15-13(17)11-8-6-5-7-9-11/h5-9H,1-4H3,(H,15,17). The average molecular weight is 246 g/mol. The molecule has 0 aromatic heterocycles. The number of nitrogens with one attached hydrogen (secondary N) is 1. The van der Waals surface area contributed by atoms with E-state index in [2.05, 4.69) is 5.32 Å². The van der Waals surface area contributed by atoms with Gasteiger partial charge < -0.3 is 10.2 Å². The molecular weight excluding hydrogens is 228 g/mol. The van der Waals surface area contributed by atoms with Gasteiger partial charge in [0.2, 0.25) is 0 Å². The highest BCUT2D eigenvalue weighted by molar-refractivity contribution is 6.02. The van der Waals surface area contributed by atoms with Crippen molar-refractivity contribution < 1.29 is 9.59 Å². The van der Waals surface area contributed by atoms with E-state index in [0.29, 0.717) is 11.3 Å². The highest BCUT2D eigenvalue weighted by Gasteiger charge is 2.16. The molecule has 0 aliphatic heterocycles. The van der Waals surface area contributed by atoms with E-state index < -0.39 is 0 Å². The van der Waals surface area contributed by atoms with E-state index >= 15 is 0 Å². The second kappa shape index (κ2) is 6.00. The highest BCUT2D eigenvalue weighted by Crippen LogP contribution is 2.06. The molecule has 0 unspecified atom stereocenters. The Hall–Kier alpha value is -2.10. The first-order valence-electron chi connectivity index (χ1n) is 5.69. The zero-order valence-electron chi connectivity index (χ0n) is 11.2. The molecule has 2 amide bonds. The molecule has 96 valence electrons. The van der Waals surface area contributed by atoms with Crippen LogP contribution in [0.3, 0.4) is 0 Å². The van der Waals surface area contributed by atoms with E-state index in [1.807, 2.05) is 6.07 Å². The van der Waals surface area contributed by atoms with Crippen LogP contribution >= 0.6 is 0 Å². The zero-order valence-corrected chi connectivity index (χ0v) is 11.2. The van der Waals surface area contributed by atoms with Gasteiger partial charge in [-0.1, -0.05) is 18.2 Å². The van der Waals surface area contributed by atoms with Gasteiger partial charge in [0.15, 0.2) is 0 Å². The summed E-state index contributed by atoms with van der Waals surface area (Å²) in [6.07, 6.45) is 0. The van der Waals surface area contributed by atoms with Crippen LogP contribution in [0.25, 0.3) is 0 Å². The Labute approximate surface area is 107 Å². The van der Waals surface area contributed by atoms with Crippen LogP contribution in [-0.4, -0.2) is 30.8 Å². The van der Waals surface area contributed by atoms with Gasteiger partial charge >= 0.3 is 0 Å². The summed E-state index contributed by atoms with van der Waals surface area (Å²) in [6.45, 7) is 3.59. The fraction of sp³-hybridized carbons (Fsp3) is 0.286. The molecule has 0 spiro atoms. The lowest BCUT2D eigenvalue weighted by molar-refractivity contribution is -0.125. The molecule has 0 saturated heterocycles.